The average molecular weight is 283 g/mol. The molecule has 0 saturated carbocycles. The molecule has 0 aromatic heterocycles. The van der Waals surface area contributed by atoms with Crippen LogP contribution in [-0.2, 0) is 6.42 Å². The minimum absolute atomic E-state index is 0.120. The van der Waals surface area contributed by atoms with Gasteiger partial charge in [0.1, 0.15) is 5.82 Å². The minimum Gasteiger partial charge on any atom is -0.492 e. The van der Waals surface area contributed by atoms with E-state index in [2.05, 4.69) is 11.6 Å². The molecule has 2 N–H and O–H groups in total. The van der Waals surface area contributed by atoms with Gasteiger partial charge in [-0.15, -0.1) is 5.53 Å². The summed E-state index contributed by atoms with van der Waals surface area (Å²) in [5.74, 6) is -0.215. The van der Waals surface area contributed by atoms with Gasteiger partial charge in [0.05, 0.1) is 17.1 Å². The normalized spacial score (nSPS) is 17.0. The van der Waals surface area contributed by atoms with E-state index in [4.69, 9.17) is 0 Å². The number of para-hydroxylation sites is 1. The van der Waals surface area contributed by atoms with Crippen LogP contribution in [0.1, 0.15) is 12.0 Å². The molecular weight excluding hydrogens is 269 g/mol. The number of hydrazine groups is 2. The molecule has 0 aliphatic carbocycles. The van der Waals surface area contributed by atoms with Crippen LogP contribution >= 0.6 is 0 Å². The van der Waals surface area contributed by atoms with Crippen molar-refractivity contribution in [3.05, 3.63) is 71.5 Å². The molecule has 2 heterocycles. The summed E-state index contributed by atoms with van der Waals surface area (Å²) in [4.78, 5) is 0. The van der Waals surface area contributed by atoms with Crippen molar-refractivity contribution in [2.75, 3.05) is 10.0 Å². The molecule has 2 aliphatic rings. The lowest BCUT2D eigenvalue weighted by atomic mass is 10.0. The van der Waals surface area contributed by atoms with Crippen molar-refractivity contribution in [1.82, 2.24) is 5.53 Å². The summed E-state index contributed by atoms with van der Waals surface area (Å²) in [7, 11) is 0. The number of aliphatic hydroxyl groups excluding tert-OH is 1. The van der Waals surface area contributed by atoms with Crippen molar-refractivity contribution in [2.24, 2.45) is 0 Å². The molecule has 0 unspecified atom stereocenters. The highest BCUT2D eigenvalue weighted by Gasteiger charge is 2.34. The zero-order chi connectivity index (χ0) is 14.4. The van der Waals surface area contributed by atoms with Crippen LogP contribution in [0, 0.1) is 5.82 Å². The first-order valence-electron chi connectivity index (χ1n) is 6.86. The molecule has 0 saturated heterocycles. The van der Waals surface area contributed by atoms with Crippen molar-refractivity contribution in [3.63, 3.8) is 0 Å². The van der Waals surface area contributed by atoms with Crippen LogP contribution in [0.4, 0.5) is 15.8 Å². The number of benzene rings is 2. The number of fused-ring (bicyclic) bond motifs is 3. The summed E-state index contributed by atoms with van der Waals surface area (Å²) < 4.78 is 13.4. The van der Waals surface area contributed by atoms with Gasteiger partial charge < -0.3 is 5.11 Å². The van der Waals surface area contributed by atoms with Gasteiger partial charge in [0.15, 0.2) is 0 Å². The summed E-state index contributed by atoms with van der Waals surface area (Å²) in [6.07, 6.45) is 1.62. The van der Waals surface area contributed by atoms with Crippen molar-refractivity contribution in [1.29, 1.82) is 0 Å². The lowest BCUT2D eigenvalue weighted by Crippen LogP contribution is -2.43. The number of allylic oxidation sites excluding steroid dienone is 1. The Labute approximate surface area is 121 Å². The fourth-order valence-electron chi connectivity index (χ4n) is 2.85. The van der Waals surface area contributed by atoms with E-state index in [1.807, 2.05) is 23.2 Å². The molecule has 0 fully saturated rings. The molecular formula is C16H14FN3O. The highest BCUT2D eigenvalue weighted by atomic mass is 19.1. The van der Waals surface area contributed by atoms with Gasteiger partial charge in [-0.3, -0.25) is 5.01 Å². The lowest BCUT2D eigenvalue weighted by molar-refractivity contribution is 0.386. The maximum absolute atomic E-state index is 13.4. The largest absolute Gasteiger partial charge is 0.492 e. The molecule has 5 heteroatoms. The van der Waals surface area contributed by atoms with E-state index in [1.54, 1.807) is 12.1 Å². The number of rotatable bonds is 1. The molecule has 4 rings (SSSR count). The number of halogens is 1. The maximum atomic E-state index is 13.4. The number of nitrogens with one attached hydrogen (secondary N) is 1. The minimum atomic E-state index is -0.336. The molecule has 0 radical (unpaired) electrons. The third-order valence-electron chi connectivity index (χ3n) is 3.87. The monoisotopic (exact) mass is 283 g/mol. The van der Waals surface area contributed by atoms with Crippen LogP contribution < -0.4 is 15.6 Å². The fraction of sp³-hybridized carbons (Fsp3) is 0.125. The first-order chi connectivity index (χ1) is 10.2. The van der Waals surface area contributed by atoms with Gasteiger partial charge >= 0.3 is 0 Å². The Balaban J connectivity index is 1.76. The SMILES string of the molecule is OC1=C2CCc3ccccc3N2NN1c1cccc(F)c1. The summed E-state index contributed by atoms with van der Waals surface area (Å²) in [6, 6.07) is 14.2. The van der Waals surface area contributed by atoms with E-state index < -0.39 is 0 Å². The van der Waals surface area contributed by atoms with Crippen molar-refractivity contribution >= 4 is 11.4 Å². The number of aryl methyl sites for hydroxylation is 1. The Morgan fingerprint density at radius 3 is 2.71 bits per heavy atom. The molecule has 0 bridgehead atoms. The fourth-order valence-corrected chi connectivity index (χ4v) is 2.85. The predicted octanol–water partition coefficient (Wildman–Crippen LogP) is 3.25. The van der Waals surface area contributed by atoms with E-state index in [0.29, 0.717) is 5.69 Å². The topological polar surface area (TPSA) is 38.7 Å². The Hall–Kier alpha value is -2.53. The second-order valence-corrected chi connectivity index (χ2v) is 5.15. The van der Waals surface area contributed by atoms with Crippen LogP contribution in [0.2, 0.25) is 0 Å². The van der Waals surface area contributed by atoms with Gasteiger partial charge in [0.25, 0.3) is 0 Å². The smallest absolute Gasteiger partial charge is 0.229 e. The van der Waals surface area contributed by atoms with Gasteiger partial charge in [-0.2, -0.15) is 0 Å². The molecule has 2 aliphatic heterocycles. The van der Waals surface area contributed by atoms with Gasteiger partial charge in [-0.1, -0.05) is 24.3 Å². The number of anilines is 2. The van der Waals surface area contributed by atoms with Crippen LogP contribution in [0.3, 0.4) is 0 Å². The second-order valence-electron chi connectivity index (χ2n) is 5.15. The van der Waals surface area contributed by atoms with Gasteiger partial charge in [0.2, 0.25) is 5.88 Å². The zero-order valence-electron chi connectivity index (χ0n) is 11.3. The zero-order valence-corrected chi connectivity index (χ0v) is 11.3. The van der Waals surface area contributed by atoms with Crippen molar-refractivity contribution < 1.29 is 9.50 Å². The molecule has 2 aromatic rings. The van der Waals surface area contributed by atoms with Gasteiger partial charge in [-0.25, -0.2) is 9.40 Å². The molecule has 0 spiro atoms. The maximum Gasteiger partial charge on any atom is 0.229 e. The number of hydrogen-bond acceptors (Lipinski definition) is 4. The van der Waals surface area contributed by atoms with Crippen LogP contribution in [0.25, 0.3) is 0 Å². The number of hydrogen-bond donors (Lipinski definition) is 2. The van der Waals surface area contributed by atoms with Crippen molar-refractivity contribution in [2.45, 2.75) is 12.8 Å². The van der Waals surface area contributed by atoms with Crippen LogP contribution in [-0.4, -0.2) is 5.11 Å². The molecule has 21 heavy (non-hydrogen) atoms. The van der Waals surface area contributed by atoms with E-state index >= 15 is 0 Å². The Morgan fingerprint density at radius 1 is 1.00 bits per heavy atom. The lowest BCUT2D eigenvalue weighted by Gasteiger charge is -2.29. The molecule has 106 valence electrons. The quantitative estimate of drug-likeness (QED) is 0.842. The summed E-state index contributed by atoms with van der Waals surface area (Å²) in [5, 5.41) is 13.8. The van der Waals surface area contributed by atoms with E-state index in [9.17, 15) is 9.50 Å². The van der Waals surface area contributed by atoms with Crippen LogP contribution in [0.15, 0.2) is 60.1 Å². The highest BCUT2D eigenvalue weighted by Crippen LogP contribution is 2.37. The van der Waals surface area contributed by atoms with Gasteiger partial charge in [0, 0.05) is 0 Å². The Kier molecular flexibility index (Phi) is 2.62. The van der Waals surface area contributed by atoms with Crippen LogP contribution in [0.5, 0.6) is 0 Å². The molecule has 2 aromatic carbocycles. The molecule has 4 nitrogen and oxygen atoms in total. The Morgan fingerprint density at radius 2 is 1.86 bits per heavy atom. The predicted molar refractivity (Wildman–Crippen MR) is 78.9 cm³/mol. The summed E-state index contributed by atoms with van der Waals surface area (Å²) in [6.45, 7) is 0. The Bertz CT molecular complexity index is 744. The first kappa shape index (κ1) is 12.2. The third-order valence-corrected chi connectivity index (χ3v) is 3.87. The molecule has 0 atom stereocenters. The van der Waals surface area contributed by atoms with E-state index in [-0.39, 0.29) is 11.7 Å². The van der Waals surface area contributed by atoms with E-state index in [1.165, 1.54) is 22.7 Å². The van der Waals surface area contributed by atoms with E-state index in [0.717, 1.165) is 24.2 Å². The number of nitrogens with zero attached hydrogens (tertiary/aromatic N) is 2. The summed E-state index contributed by atoms with van der Waals surface area (Å²) >= 11 is 0. The van der Waals surface area contributed by atoms with Gasteiger partial charge in [-0.05, 0) is 42.7 Å². The summed E-state index contributed by atoms with van der Waals surface area (Å²) in [5.41, 5.74) is 6.73. The van der Waals surface area contributed by atoms with Crippen molar-refractivity contribution in [3.8, 4) is 0 Å². The second kappa shape index (κ2) is 4.49. The standard InChI is InChI=1S/C16H14FN3O/c17-12-5-3-6-13(10-12)19-16(21)15-9-8-11-4-1-2-7-14(11)20(15)18-19/h1-7,10,18,21H,8-9H2. The average Bonchev–Trinajstić information content (AvgIpc) is 2.85. The first-order valence-corrected chi connectivity index (χ1v) is 6.86. The highest BCUT2D eigenvalue weighted by molar-refractivity contribution is 5.65. The molecule has 0 amide bonds. The number of aliphatic hydroxyl groups is 1. The third kappa shape index (κ3) is 1.86.